The van der Waals surface area contributed by atoms with Crippen molar-refractivity contribution < 1.29 is 18.7 Å². The van der Waals surface area contributed by atoms with Gasteiger partial charge in [0.15, 0.2) is 11.6 Å². The summed E-state index contributed by atoms with van der Waals surface area (Å²) in [4.78, 5) is 20.7. The smallest absolute Gasteiger partial charge is 0.265 e. The number of amides is 1. The number of nitrogens with zero attached hydrogens (tertiary/aromatic N) is 2. The number of piperidine rings is 1. The Kier molecular flexibility index (Phi) is 6.17. The van der Waals surface area contributed by atoms with Crippen LogP contribution in [0.3, 0.4) is 0 Å². The molecule has 0 N–H and O–H groups in total. The van der Waals surface area contributed by atoms with Gasteiger partial charge < -0.3 is 14.4 Å². The zero-order chi connectivity index (χ0) is 22.8. The molecular weight excluding hydrogens is 439 g/mol. The molecule has 3 aromatic rings. The maximum Gasteiger partial charge on any atom is 0.265 e. The Hall–Kier alpha value is -2.77. The highest BCUT2D eigenvalue weighted by molar-refractivity contribution is 7.13. The molecule has 2 saturated heterocycles. The van der Waals surface area contributed by atoms with E-state index < -0.39 is 5.60 Å². The molecule has 1 amide bonds. The van der Waals surface area contributed by atoms with Crippen molar-refractivity contribution in [2.24, 2.45) is 0 Å². The lowest BCUT2D eigenvalue weighted by atomic mass is 9.89. The summed E-state index contributed by atoms with van der Waals surface area (Å²) in [6, 6.07) is 16.6. The summed E-state index contributed by atoms with van der Waals surface area (Å²) in [6.07, 6.45) is 2.88. The first-order valence-corrected chi connectivity index (χ1v) is 12.2. The number of aryl methyl sites for hydroxylation is 1. The van der Waals surface area contributed by atoms with E-state index in [9.17, 15) is 9.18 Å². The van der Waals surface area contributed by atoms with Crippen molar-refractivity contribution in [1.82, 2.24) is 9.88 Å². The van der Waals surface area contributed by atoms with Gasteiger partial charge in [0.2, 0.25) is 0 Å². The van der Waals surface area contributed by atoms with Gasteiger partial charge in [0, 0.05) is 19.4 Å². The second-order valence-corrected chi connectivity index (χ2v) is 9.97. The van der Waals surface area contributed by atoms with Crippen molar-refractivity contribution in [2.45, 2.75) is 44.3 Å². The topological polar surface area (TPSA) is 51.7 Å². The zero-order valence-corrected chi connectivity index (χ0v) is 19.4. The molecule has 0 saturated carbocycles. The summed E-state index contributed by atoms with van der Waals surface area (Å²) in [5.41, 5.74) is 1.53. The molecule has 0 radical (unpaired) electrons. The third-order valence-electron chi connectivity index (χ3n) is 6.37. The first-order chi connectivity index (χ1) is 16.0. The average Bonchev–Trinajstić information content (AvgIpc) is 3.38. The minimum absolute atomic E-state index is 0.0189. The van der Waals surface area contributed by atoms with Crippen molar-refractivity contribution in [1.29, 1.82) is 0 Å². The van der Waals surface area contributed by atoms with Crippen LogP contribution in [0.1, 0.15) is 45.2 Å². The van der Waals surface area contributed by atoms with Crippen LogP contribution in [0.25, 0.3) is 0 Å². The first kappa shape index (κ1) is 22.0. The van der Waals surface area contributed by atoms with Gasteiger partial charge in [0.1, 0.15) is 11.0 Å². The molecule has 7 heteroatoms. The molecule has 2 aliphatic rings. The first-order valence-electron chi connectivity index (χ1n) is 11.4. The number of aromatic nitrogens is 1. The van der Waals surface area contributed by atoms with E-state index in [1.807, 2.05) is 30.0 Å². The number of rotatable bonds is 5. The van der Waals surface area contributed by atoms with Gasteiger partial charge in [-0.3, -0.25) is 4.79 Å². The van der Waals surface area contributed by atoms with Crippen molar-refractivity contribution in [2.75, 3.05) is 19.7 Å². The molecule has 33 heavy (non-hydrogen) atoms. The molecule has 1 aromatic heterocycles. The minimum atomic E-state index is -0.435. The summed E-state index contributed by atoms with van der Waals surface area (Å²) in [7, 11) is 0. The molecule has 2 atom stereocenters. The Bertz CT molecular complexity index is 1140. The molecule has 2 aromatic carbocycles. The normalized spacial score (nSPS) is 22.6. The molecule has 3 heterocycles. The lowest BCUT2D eigenvalue weighted by Crippen LogP contribution is -2.50. The van der Waals surface area contributed by atoms with Crippen LogP contribution in [0, 0.1) is 12.7 Å². The van der Waals surface area contributed by atoms with Crippen LogP contribution in [-0.4, -0.2) is 47.2 Å². The second-order valence-electron chi connectivity index (χ2n) is 8.88. The third-order valence-corrected chi connectivity index (χ3v) is 7.51. The number of hydrogen-bond acceptors (Lipinski definition) is 5. The SMILES string of the molecule is Cc1nc(Cc2ccccc2)sc1C(=O)N1CCC[C@@]2(C[C@@H](Oc3ccccc3F)CO2)C1. The van der Waals surface area contributed by atoms with Gasteiger partial charge in [0.05, 0.1) is 29.5 Å². The van der Waals surface area contributed by atoms with E-state index in [1.54, 1.807) is 18.2 Å². The highest BCUT2D eigenvalue weighted by Gasteiger charge is 2.46. The number of halogens is 1. The van der Waals surface area contributed by atoms with Crippen molar-refractivity contribution in [3.63, 3.8) is 0 Å². The molecule has 5 rings (SSSR count). The highest BCUT2D eigenvalue weighted by Crippen LogP contribution is 2.37. The van der Waals surface area contributed by atoms with E-state index >= 15 is 0 Å². The van der Waals surface area contributed by atoms with Crippen molar-refractivity contribution in [3.05, 3.63) is 81.6 Å². The lowest BCUT2D eigenvalue weighted by Gasteiger charge is -2.39. The molecule has 1 spiro atoms. The molecule has 5 nitrogen and oxygen atoms in total. The van der Waals surface area contributed by atoms with Gasteiger partial charge in [-0.25, -0.2) is 9.37 Å². The molecule has 0 unspecified atom stereocenters. The van der Waals surface area contributed by atoms with Gasteiger partial charge in [-0.1, -0.05) is 42.5 Å². The van der Waals surface area contributed by atoms with Gasteiger partial charge >= 0.3 is 0 Å². The average molecular weight is 467 g/mol. The standard InChI is InChI=1S/C26H27FN2O3S/c1-18-24(33-23(28-18)14-19-8-3-2-4-9-19)25(30)29-13-7-12-26(17-29)15-20(16-31-26)32-22-11-6-5-10-21(22)27/h2-6,8-11,20H,7,12-17H2,1H3/t20-,26-/m1/s1. The molecular formula is C26H27FN2O3S. The van der Waals surface area contributed by atoms with Gasteiger partial charge in [-0.2, -0.15) is 0 Å². The van der Waals surface area contributed by atoms with Crippen LogP contribution in [0.15, 0.2) is 54.6 Å². The molecule has 2 aliphatic heterocycles. The maximum absolute atomic E-state index is 14.0. The Balaban J connectivity index is 1.25. The van der Waals surface area contributed by atoms with Crippen LogP contribution in [0.5, 0.6) is 5.75 Å². The summed E-state index contributed by atoms with van der Waals surface area (Å²) in [5.74, 6) is -0.102. The number of benzene rings is 2. The van der Waals surface area contributed by atoms with Crippen molar-refractivity contribution >= 4 is 17.2 Å². The van der Waals surface area contributed by atoms with Crippen molar-refractivity contribution in [3.8, 4) is 5.75 Å². The summed E-state index contributed by atoms with van der Waals surface area (Å²) in [6.45, 7) is 3.53. The Morgan fingerprint density at radius 2 is 2.03 bits per heavy atom. The predicted molar refractivity (Wildman–Crippen MR) is 125 cm³/mol. The van der Waals surface area contributed by atoms with Gasteiger partial charge in [-0.05, 0) is 37.5 Å². The quantitative estimate of drug-likeness (QED) is 0.530. The van der Waals surface area contributed by atoms with Gasteiger partial charge in [0.25, 0.3) is 5.91 Å². The molecule has 2 fully saturated rings. The Labute approximate surface area is 197 Å². The largest absolute Gasteiger partial charge is 0.485 e. The van der Waals surface area contributed by atoms with Crippen LogP contribution in [0.4, 0.5) is 4.39 Å². The number of thiazole rings is 1. The zero-order valence-electron chi connectivity index (χ0n) is 18.6. The van der Waals surface area contributed by atoms with Crippen LogP contribution < -0.4 is 4.74 Å². The highest BCUT2D eigenvalue weighted by atomic mass is 32.1. The Morgan fingerprint density at radius 1 is 1.24 bits per heavy atom. The maximum atomic E-state index is 14.0. The number of ether oxygens (including phenoxy) is 2. The number of para-hydroxylation sites is 1. The number of carbonyl (C=O) groups is 1. The summed E-state index contributed by atoms with van der Waals surface area (Å²) >= 11 is 1.48. The predicted octanol–water partition coefficient (Wildman–Crippen LogP) is 5.02. The van der Waals surface area contributed by atoms with E-state index in [-0.39, 0.29) is 23.6 Å². The van der Waals surface area contributed by atoms with E-state index in [0.29, 0.717) is 31.0 Å². The van der Waals surface area contributed by atoms with Gasteiger partial charge in [-0.15, -0.1) is 11.3 Å². The van der Waals surface area contributed by atoms with E-state index in [2.05, 4.69) is 17.1 Å². The van der Waals surface area contributed by atoms with E-state index in [4.69, 9.17) is 9.47 Å². The lowest BCUT2D eigenvalue weighted by molar-refractivity contribution is -0.0452. The van der Waals surface area contributed by atoms with E-state index in [0.717, 1.165) is 30.0 Å². The summed E-state index contributed by atoms with van der Waals surface area (Å²) in [5, 5.41) is 0.948. The fourth-order valence-corrected chi connectivity index (χ4v) is 5.86. The van der Waals surface area contributed by atoms with E-state index in [1.165, 1.54) is 23.0 Å². The molecule has 0 aliphatic carbocycles. The second kappa shape index (κ2) is 9.23. The monoisotopic (exact) mass is 466 g/mol. The van der Waals surface area contributed by atoms with Crippen LogP contribution in [-0.2, 0) is 11.2 Å². The number of carbonyl (C=O) groups excluding carboxylic acids is 1. The summed E-state index contributed by atoms with van der Waals surface area (Å²) < 4.78 is 26.1. The number of likely N-dealkylation sites (tertiary alicyclic amines) is 1. The fraction of sp³-hybridized carbons (Fsp3) is 0.385. The fourth-order valence-electron chi connectivity index (χ4n) is 4.79. The van der Waals surface area contributed by atoms with Crippen LogP contribution >= 0.6 is 11.3 Å². The minimum Gasteiger partial charge on any atom is -0.485 e. The Morgan fingerprint density at radius 3 is 2.85 bits per heavy atom. The molecule has 172 valence electrons. The number of hydrogen-bond donors (Lipinski definition) is 0. The van der Waals surface area contributed by atoms with Crippen LogP contribution in [0.2, 0.25) is 0 Å². The third kappa shape index (κ3) is 4.80. The molecule has 0 bridgehead atoms.